The topological polar surface area (TPSA) is 68.0 Å². The van der Waals surface area contributed by atoms with Crippen LogP contribution in [0.2, 0.25) is 5.02 Å². The van der Waals surface area contributed by atoms with Crippen LogP contribution in [0.5, 0.6) is 0 Å². The number of hydrogen-bond acceptors (Lipinski definition) is 5. The first kappa shape index (κ1) is 16.5. The first-order valence-electron chi connectivity index (χ1n) is 7.24. The molecule has 0 aliphatic rings. The third-order valence-corrected chi connectivity index (χ3v) is 4.34. The molecular weight excluding hydrogens is 346 g/mol. The maximum Gasteiger partial charge on any atom is 0.277 e. The van der Waals surface area contributed by atoms with Crippen LogP contribution in [0.4, 0.5) is 5.69 Å². The Bertz CT molecular complexity index is 839. The average Bonchev–Trinajstić information content (AvgIpc) is 3.04. The van der Waals surface area contributed by atoms with Crippen molar-refractivity contribution in [3.05, 3.63) is 59.6 Å². The number of anilines is 1. The van der Waals surface area contributed by atoms with Crippen molar-refractivity contribution in [3.63, 3.8) is 0 Å². The molecule has 0 radical (unpaired) electrons. The Morgan fingerprint density at radius 2 is 1.96 bits per heavy atom. The van der Waals surface area contributed by atoms with Crippen LogP contribution in [0.15, 0.2) is 64.2 Å². The maximum absolute atomic E-state index is 12.2. The van der Waals surface area contributed by atoms with Gasteiger partial charge in [-0.1, -0.05) is 47.6 Å². The fraction of sp³-hybridized carbons (Fsp3) is 0.118. The third kappa shape index (κ3) is 4.15. The summed E-state index contributed by atoms with van der Waals surface area (Å²) in [7, 11) is 0. The molecule has 1 N–H and O–H groups in total. The number of rotatable bonds is 5. The fourth-order valence-corrected chi connectivity index (χ4v) is 2.84. The molecule has 1 heterocycles. The minimum Gasteiger partial charge on any atom is -0.411 e. The van der Waals surface area contributed by atoms with Gasteiger partial charge in [0.05, 0.1) is 5.25 Å². The predicted octanol–water partition coefficient (Wildman–Crippen LogP) is 4.51. The van der Waals surface area contributed by atoms with E-state index in [4.69, 9.17) is 16.0 Å². The molecule has 0 saturated carbocycles. The van der Waals surface area contributed by atoms with Crippen molar-refractivity contribution < 1.29 is 9.21 Å². The molecule has 1 amide bonds. The number of hydrogen-bond donors (Lipinski definition) is 1. The van der Waals surface area contributed by atoms with Gasteiger partial charge < -0.3 is 9.73 Å². The van der Waals surface area contributed by atoms with Crippen molar-refractivity contribution in [1.29, 1.82) is 0 Å². The van der Waals surface area contributed by atoms with Gasteiger partial charge in [0.1, 0.15) is 0 Å². The summed E-state index contributed by atoms with van der Waals surface area (Å²) in [5.74, 6) is 0.240. The highest BCUT2D eigenvalue weighted by Crippen LogP contribution is 2.27. The monoisotopic (exact) mass is 359 g/mol. The molecule has 0 saturated heterocycles. The van der Waals surface area contributed by atoms with E-state index >= 15 is 0 Å². The largest absolute Gasteiger partial charge is 0.411 e. The summed E-state index contributed by atoms with van der Waals surface area (Å²) in [6.07, 6.45) is 0. The van der Waals surface area contributed by atoms with Crippen molar-refractivity contribution in [2.75, 3.05) is 5.32 Å². The molecule has 0 fully saturated rings. The molecule has 1 atom stereocenters. The van der Waals surface area contributed by atoms with E-state index < -0.39 is 0 Å². The van der Waals surface area contributed by atoms with Crippen LogP contribution in [0.3, 0.4) is 0 Å². The standard InChI is InChI=1S/C17H14ClN3O2S/c1-11(15(22)19-14-8-3-2-4-9-14)24-17-21-20-16(23-17)12-6-5-7-13(18)10-12/h2-11H,1H3,(H,19,22). The van der Waals surface area contributed by atoms with Gasteiger partial charge in [0.2, 0.25) is 11.8 Å². The second-order valence-corrected chi connectivity index (χ2v) is 6.73. The second-order valence-electron chi connectivity index (χ2n) is 5.00. The van der Waals surface area contributed by atoms with E-state index in [9.17, 15) is 4.79 Å². The summed E-state index contributed by atoms with van der Waals surface area (Å²) in [6.45, 7) is 1.78. The molecule has 1 unspecified atom stereocenters. The van der Waals surface area contributed by atoms with Crippen molar-refractivity contribution in [2.24, 2.45) is 0 Å². The Kier molecular flexibility index (Phi) is 5.17. The van der Waals surface area contributed by atoms with Gasteiger partial charge in [-0.05, 0) is 37.3 Å². The number of aromatic nitrogens is 2. The van der Waals surface area contributed by atoms with E-state index in [1.165, 1.54) is 11.8 Å². The lowest BCUT2D eigenvalue weighted by atomic mass is 10.2. The average molecular weight is 360 g/mol. The summed E-state index contributed by atoms with van der Waals surface area (Å²) in [5, 5.41) is 11.4. The van der Waals surface area contributed by atoms with Crippen LogP contribution >= 0.6 is 23.4 Å². The van der Waals surface area contributed by atoms with Gasteiger partial charge in [-0.3, -0.25) is 4.79 Å². The molecule has 1 aromatic heterocycles. The lowest BCUT2D eigenvalue weighted by Crippen LogP contribution is -2.22. The van der Waals surface area contributed by atoms with Gasteiger partial charge in [0.25, 0.3) is 5.22 Å². The molecule has 24 heavy (non-hydrogen) atoms. The Balaban J connectivity index is 1.65. The van der Waals surface area contributed by atoms with Gasteiger partial charge in [-0.2, -0.15) is 0 Å². The first-order valence-corrected chi connectivity index (χ1v) is 8.49. The molecule has 3 rings (SSSR count). The number of halogens is 1. The van der Waals surface area contributed by atoms with Crippen molar-refractivity contribution in [3.8, 4) is 11.5 Å². The highest BCUT2D eigenvalue weighted by atomic mass is 35.5. The predicted molar refractivity (Wildman–Crippen MR) is 95.1 cm³/mol. The minimum atomic E-state index is -0.377. The quantitative estimate of drug-likeness (QED) is 0.679. The number of para-hydroxylation sites is 1. The second kappa shape index (κ2) is 7.51. The zero-order valence-electron chi connectivity index (χ0n) is 12.8. The number of carbonyl (C=O) groups excluding carboxylic acids is 1. The summed E-state index contributed by atoms with van der Waals surface area (Å²) < 4.78 is 5.60. The third-order valence-electron chi connectivity index (χ3n) is 3.17. The van der Waals surface area contributed by atoms with Crippen molar-refractivity contribution in [2.45, 2.75) is 17.4 Å². The molecule has 122 valence electrons. The molecule has 5 nitrogen and oxygen atoms in total. The molecule has 3 aromatic rings. The van der Waals surface area contributed by atoms with Gasteiger partial charge in [0, 0.05) is 16.3 Å². The number of thioether (sulfide) groups is 1. The van der Waals surface area contributed by atoms with E-state index in [2.05, 4.69) is 15.5 Å². The van der Waals surface area contributed by atoms with Crippen LogP contribution in [0, 0.1) is 0 Å². The summed E-state index contributed by atoms with van der Waals surface area (Å²) in [5.41, 5.74) is 1.49. The van der Waals surface area contributed by atoms with Crippen molar-refractivity contribution >= 4 is 35.0 Å². The number of nitrogens with zero attached hydrogens (tertiary/aromatic N) is 2. The Morgan fingerprint density at radius 3 is 2.71 bits per heavy atom. The first-order chi connectivity index (χ1) is 11.6. The molecule has 0 aliphatic heterocycles. The Morgan fingerprint density at radius 1 is 1.17 bits per heavy atom. The van der Waals surface area contributed by atoms with Gasteiger partial charge in [-0.25, -0.2) is 0 Å². The van der Waals surface area contributed by atoms with Crippen LogP contribution in [0.1, 0.15) is 6.92 Å². The SMILES string of the molecule is CC(Sc1nnc(-c2cccc(Cl)c2)o1)C(=O)Nc1ccccc1. The van der Waals surface area contributed by atoms with Crippen LogP contribution in [-0.2, 0) is 4.79 Å². The zero-order valence-corrected chi connectivity index (χ0v) is 14.3. The van der Waals surface area contributed by atoms with Gasteiger partial charge in [-0.15, -0.1) is 10.2 Å². The fourth-order valence-electron chi connectivity index (χ4n) is 1.97. The lowest BCUT2D eigenvalue weighted by molar-refractivity contribution is -0.115. The summed E-state index contributed by atoms with van der Waals surface area (Å²) in [4.78, 5) is 12.2. The van der Waals surface area contributed by atoms with Crippen molar-refractivity contribution in [1.82, 2.24) is 10.2 Å². The van der Waals surface area contributed by atoms with Crippen LogP contribution in [-0.4, -0.2) is 21.4 Å². The smallest absolute Gasteiger partial charge is 0.277 e. The lowest BCUT2D eigenvalue weighted by Gasteiger charge is -2.09. The molecule has 7 heteroatoms. The highest BCUT2D eigenvalue weighted by Gasteiger charge is 2.19. The number of nitrogens with one attached hydrogen (secondary N) is 1. The molecule has 2 aromatic carbocycles. The summed E-state index contributed by atoms with van der Waals surface area (Å²) in [6, 6.07) is 16.4. The number of carbonyl (C=O) groups is 1. The molecule has 0 bridgehead atoms. The highest BCUT2D eigenvalue weighted by molar-refractivity contribution is 8.00. The van der Waals surface area contributed by atoms with E-state index in [0.29, 0.717) is 16.1 Å². The normalized spacial score (nSPS) is 11.9. The van der Waals surface area contributed by atoms with Crippen LogP contribution < -0.4 is 5.32 Å². The van der Waals surface area contributed by atoms with E-state index in [-0.39, 0.29) is 11.2 Å². The molecular formula is C17H14ClN3O2S. The minimum absolute atomic E-state index is 0.131. The van der Waals surface area contributed by atoms with E-state index in [1.807, 2.05) is 42.5 Å². The van der Waals surface area contributed by atoms with Gasteiger partial charge >= 0.3 is 0 Å². The van der Waals surface area contributed by atoms with Gasteiger partial charge in [0.15, 0.2) is 0 Å². The number of amides is 1. The number of benzene rings is 2. The Hall–Kier alpha value is -2.31. The summed E-state index contributed by atoms with van der Waals surface area (Å²) >= 11 is 7.16. The molecule has 0 spiro atoms. The Labute approximate surface area is 148 Å². The van der Waals surface area contributed by atoms with Crippen LogP contribution in [0.25, 0.3) is 11.5 Å². The van der Waals surface area contributed by atoms with E-state index in [0.717, 1.165) is 11.3 Å². The zero-order chi connectivity index (χ0) is 16.9. The molecule has 0 aliphatic carbocycles. The van der Waals surface area contributed by atoms with E-state index in [1.54, 1.807) is 19.1 Å². The maximum atomic E-state index is 12.2.